The highest BCUT2D eigenvalue weighted by Crippen LogP contribution is 2.21. The van der Waals surface area contributed by atoms with Crippen molar-refractivity contribution in [2.75, 3.05) is 0 Å². The smallest absolute Gasteiger partial charge is 0.330 e. The van der Waals surface area contributed by atoms with Gasteiger partial charge in [-0.15, -0.1) is 0 Å². The zero-order chi connectivity index (χ0) is 17.3. The third-order valence-corrected chi connectivity index (χ3v) is 3.43. The first-order valence-corrected chi connectivity index (χ1v) is 8.28. The summed E-state index contributed by atoms with van der Waals surface area (Å²) < 4.78 is 5.05. The molecule has 0 aromatic carbocycles. The van der Waals surface area contributed by atoms with Gasteiger partial charge in [-0.1, -0.05) is 25.3 Å². The molecule has 0 radical (unpaired) electrons. The standard InChI is InChI=1S/C18H34O4/c1-13(2)22-17(20)12-15(4)11-16(19)10-14(3)8-7-9-18(5,6)21/h12-14,16,19,21H,7-11H2,1-6H3/b15-12+. The zero-order valence-electron chi connectivity index (χ0n) is 15.1. The van der Waals surface area contributed by atoms with Crippen molar-refractivity contribution in [2.45, 2.75) is 91.5 Å². The van der Waals surface area contributed by atoms with Crippen molar-refractivity contribution in [1.29, 1.82) is 0 Å². The highest BCUT2D eigenvalue weighted by molar-refractivity contribution is 5.82. The molecule has 0 heterocycles. The van der Waals surface area contributed by atoms with Crippen molar-refractivity contribution < 1.29 is 19.7 Å². The number of hydrogen-bond donors (Lipinski definition) is 2. The van der Waals surface area contributed by atoms with Gasteiger partial charge in [-0.3, -0.25) is 0 Å². The molecule has 4 nitrogen and oxygen atoms in total. The van der Waals surface area contributed by atoms with Crippen molar-refractivity contribution in [3.63, 3.8) is 0 Å². The fourth-order valence-electron chi connectivity index (χ4n) is 2.45. The van der Waals surface area contributed by atoms with E-state index in [-0.39, 0.29) is 12.1 Å². The van der Waals surface area contributed by atoms with Crippen molar-refractivity contribution in [3.05, 3.63) is 11.6 Å². The van der Waals surface area contributed by atoms with Gasteiger partial charge in [-0.2, -0.15) is 0 Å². The monoisotopic (exact) mass is 314 g/mol. The molecule has 0 fully saturated rings. The van der Waals surface area contributed by atoms with Gasteiger partial charge in [0.1, 0.15) is 0 Å². The Morgan fingerprint density at radius 1 is 1.27 bits per heavy atom. The minimum absolute atomic E-state index is 0.128. The molecule has 0 spiro atoms. The molecular weight excluding hydrogens is 280 g/mol. The molecule has 0 bridgehead atoms. The third-order valence-electron chi connectivity index (χ3n) is 3.43. The molecule has 0 aliphatic rings. The summed E-state index contributed by atoms with van der Waals surface area (Å²) in [6, 6.07) is 0. The lowest BCUT2D eigenvalue weighted by atomic mass is 9.92. The van der Waals surface area contributed by atoms with Crippen LogP contribution in [0.25, 0.3) is 0 Å². The Morgan fingerprint density at radius 3 is 2.36 bits per heavy atom. The molecule has 2 N–H and O–H groups in total. The lowest BCUT2D eigenvalue weighted by Gasteiger charge is -2.20. The minimum Gasteiger partial charge on any atom is -0.460 e. The van der Waals surface area contributed by atoms with Gasteiger partial charge in [-0.05, 0) is 59.8 Å². The highest BCUT2D eigenvalue weighted by Gasteiger charge is 2.15. The van der Waals surface area contributed by atoms with Gasteiger partial charge in [-0.25, -0.2) is 4.79 Å². The molecule has 0 saturated heterocycles. The van der Waals surface area contributed by atoms with Crippen LogP contribution in [0.3, 0.4) is 0 Å². The molecule has 2 atom stereocenters. The molecule has 0 aliphatic carbocycles. The second-order valence-electron chi connectivity index (χ2n) is 7.38. The van der Waals surface area contributed by atoms with Crippen molar-refractivity contribution in [3.8, 4) is 0 Å². The normalized spacial score (nSPS) is 15.8. The number of esters is 1. The number of ether oxygens (including phenoxy) is 1. The Hall–Kier alpha value is -0.870. The Morgan fingerprint density at radius 2 is 1.86 bits per heavy atom. The van der Waals surface area contributed by atoms with Crippen LogP contribution in [0.2, 0.25) is 0 Å². The predicted molar refractivity (Wildman–Crippen MR) is 89.5 cm³/mol. The number of aliphatic hydroxyl groups is 2. The number of rotatable bonds is 10. The van der Waals surface area contributed by atoms with Crippen LogP contribution >= 0.6 is 0 Å². The maximum Gasteiger partial charge on any atom is 0.330 e. The molecular formula is C18H34O4. The van der Waals surface area contributed by atoms with Crippen molar-refractivity contribution >= 4 is 5.97 Å². The lowest BCUT2D eigenvalue weighted by molar-refractivity contribution is -0.141. The van der Waals surface area contributed by atoms with Crippen LogP contribution in [0.4, 0.5) is 0 Å². The molecule has 2 unspecified atom stereocenters. The fourth-order valence-corrected chi connectivity index (χ4v) is 2.45. The molecule has 130 valence electrons. The van der Waals surface area contributed by atoms with E-state index in [0.717, 1.165) is 24.8 Å². The first kappa shape index (κ1) is 21.1. The van der Waals surface area contributed by atoms with Crippen molar-refractivity contribution in [1.82, 2.24) is 0 Å². The quantitative estimate of drug-likeness (QED) is 0.477. The molecule has 22 heavy (non-hydrogen) atoms. The van der Waals surface area contributed by atoms with E-state index in [9.17, 15) is 15.0 Å². The third kappa shape index (κ3) is 12.8. The second-order valence-corrected chi connectivity index (χ2v) is 7.38. The summed E-state index contributed by atoms with van der Waals surface area (Å²) in [4.78, 5) is 11.5. The molecule has 0 aromatic heterocycles. The molecule has 0 aromatic rings. The summed E-state index contributed by atoms with van der Waals surface area (Å²) in [6.45, 7) is 11.2. The van der Waals surface area contributed by atoms with Gasteiger partial charge in [0.15, 0.2) is 0 Å². The van der Waals surface area contributed by atoms with Gasteiger partial charge in [0.2, 0.25) is 0 Å². The molecule has 0 aliphatic heterocycles. The fraction of sp³-hybridized carbons (Fsp3) is 0.833. The van der Waals surface area contributed by atoms with Crippen molar-refractivity contribution in [2.24, 2.45) is 5.92 Å². The van der Waals surface area contributed by atoms with Crippen LogP contribution in [0.1, 0.15) is 73.6 Å². The van der Waals surface area contributed by atoms with Crippen LogP contribution in [-0.2, 0) is 9.53 Å². The predicted octanol–water partition coefficient (Wildman–Crippen LogP) is 3.60. The van der Waals surface area contributed by atoms with E-state index < -0.39 is 11.7 Å². The Balaban J connectivity index is 4.08. The van der Waals surface area contributed by atoms with E-state index in [2.05, 4.69) is 6.92 Å². The van der Waals surface area contributed by atoms with Gasteiger partial charge < -0.3 is 14.9 Å². The van der Waals surface area contributed by atoms with E-state index >= 15 is 0 Å². The first-order valence-electron chi connectivity index (χ1n) is 8.28. The Kier molecular flexibility index (Phi) is 9.61. The molecule has 0 rings (SSSR count). The minimum atomic E-state index is -0.617. The van der Waals surface area contributed by atoms with E-state index in [1.54, 1.807) is 0 Å². The van der Waals surface area contributed by atoms with Gasteiger partial charge in [0, 0.05) is 6.08 Å². The largest absolute Gasteiger partial charge is 0.460 e. The average Bonchev–Trinajstić information content (AvgIpc) is 2.24. The number of carbonyl (C=O) groups excluding carboxylic acids is 1. The topological polar surface area (TPSA) is 66.8 Å². The van der Waals surface area contributed by atoms with Gasteiger partial charge in [0.25, 0.3) is 0 Å². The summed E-state index contributed by atoms with van der Waals surface area (Å²) in [5, 5.41) is 19.8. The Labute approximate surface area is 135 Å². The maximum atomic E-state index is 11.5. The summed E-state index contributed by atoms with van der Waals surface area (Å²) in [5.74, 6) is 0.0469. The number of hydrogen-bond acceptors (Lipinski definition) is 4. The van der Waals surface area contributed by atoms with Crippen LogP contribution < -0.4 is 0 Å². The highest BCUT2D eigenvalue weighted by atomic mass is 16.5. The molecule has 4 heteroatoms. The molecule has 0 saturated carbocycles. The maximum absolute atomic E-state index is 11.5. The van der Waals surface area contributed by atoms with E-state index in [4.69, 9.17) is 4.74 Å². The van der Waals surface area contributed by atoms with Crippen LogP contribution in [0.15, 0.2) is 11.6 Å². The SMILES string of the molecule is C/C(=C\C(=O)OC(C)C)CC(O)CC(C)CCCC(C)(C)O. The summed E-state index contributed by atoms with van der Waals surface area (Å²) >= 11 is 0. The number of aliphatic hydroxyl groups excluding tert-OH is 1. The zero-order valence-corrected chi connectivity index (χ0v) is 15.1. The Bertz CT molecular complexity index is 353. The molecule has 0 amide bonds. The van der Waals surface area contributed by atoms with E-state index in [1.807, 2.05) is 34.6 Å². The lowest BCUT2D eigenvalue weighted by Crippen LogP contribution is -2.19. The summed E-state index contributed by atoms with van der Waals surface area (Å²) in [7, 11) is 0. The summed E-state index contributed by atoms with van der Waals surface area (Å²) in [5.41, 5.74) is 0.218. The summed E-state index contributed by atoms with van der Waals surface area (Å²) in [6.07, 6.45) is 4.79. The van der Waals surface area contributed by atoms with E-state index in [1.165, 1.54) is 6.08 Å². The van der Waals surface area contributed by atoms with Crippen LogP contribution in [-0.4, -0.2) is 34.0 Å². The van der Waals surface area contributed by atoms with Gasteiger partial charge >= 0.3 is 5.97 Å². The van der Waals surface area contributed by atoms with Crippen LogP contribution in [0.5, 0.6) is 0 Å². The van der Waals surface area contributed by atoms with Gasteiger partial charge in [0.05, 0.1) is 17.8 Å². The average molecular weight is 314 g/mol. The first-order chi connectivity index (χ1) is 9.99. The van der Waals surface area contributed by atoms with Crippen LogP contribution in [0, 0.1) is 5.92 Å². The second kappa shape index (κ2) is 10.0. The van der Waals surface area contributed by atoms with E-state index in [0.29, 0.717) is 18.8 Å². The number of carbonyl (C=O) groups is 1.